The monoisotopic (exact) mass is 328 g/mol. The SMILES string of the molecule is Cc1ccnc(NC(=O)Cn2cnc3c(=O)n(C)c(=O)n(C)c32)c1. The Labute approximate surface area is 136 Å². The van der Waals surface area contributed by atoms with Gasteiger partial charge in [-0.15, -0.1) is 0 Å². The van der Waals surface area contributed by atoms with Crippen LogP contribution in [-0.4, -0.2) is 29.6 Å². The Morgan fingerprint density at radius 1 is 1.21 bits per heavy atom. The summed E-state index contributed by atoms with van der Waals surface area (Å²) in [6.45, 7) is 1.80. The Bertz CT molecular complexity index is 1060. The van der Waals surface area contributed by atoms with Gasteiger partial charge in [-0.25, -0.2) is 14.8 Å². The van der Waals surface area contributed by atoms with Crippen molar-refractivity contribution >= 4 is 22.9 Å². The highest BCUT2D eigenvalue weighted by Crippen LogP contribution is 2.08. The number of aryl methyl sites for hydroxylation is 2. The molecule has 0 saturated carbocycles. The van der Waals surface area contributed by atoms with E-state index >= 15 is 0 Å². The number of pyridine rings is 1. The van der Waals surface area contributed by atoms with Gasteiger partial charge in [0.15, 0.2) is 5.52 Å². The standard InChI is InChI=1S/C15H16N6O3/c1-9-4-5-16-10(6-9)18-11(22)7-21-8-17-12-13(21)19(2)15(24)20(3)14(12)23/h4-6,8H,7H2,1-3H3,(H,16,18,22). The molecule has 24 heavy (non-hydrogen) atoms. The van der Waals surface area contributed by atoms with E-state index in [1.165, 1.54) is 29.6 Å². The van der Waals surface area contributed by atoms with Crippen LogP contribution in [0.1, 0.15) is 5.56 Å². The summed E-state index contributed by atoms with van der Waals surface area (Å²) in [5.41, 5.74) is 0.443. The van der Waals surface area contributed by atoms with Gasteiger partial charge in [-0.2, -0.15) is 0 Å². The molecular weight excluding hydrogens is 312 g/mol. The summed E-state index contributed by atoms with van der Waals surface area (Å²) in [5, 5.41) is 2.68. The Balaban J connectivity index is 1.95. The summed E-state index contributed by atoms with van der Waals surface area (Å²) in [7, 11) is 2.92. The van der Waals surface area contributed by atoms with E-state index in [1.807, 2.05) is 13.0 Å². The zero-order valence-electron chi connectivity index (χ0n) is 13.5. The first-order valence-corrected chi connectivity index (χ1v) is 7.22. The van der Waals surface area contributed by atoms with Crippen molar-refractivity contribution in [1.29, 1.82) is 0 Å². The lowest BCUT2D eigenvalue weighted by Crippen LogP contribution is -2.37. The summed E-state index contributed by atoms with van der Waals surface area (Å²) in [4.78, 5) is 44.4. The van der Waals surface area contributed by atoms with Gasteiger partial charge in [0.25, 0.3) is 5.56 Å². The van der Waals surface area contributed by atoms with Crippen LogP contribution in [0.3, 0.4) is 0 Å². The van der Waals surface area contributed by atoms with E-state index in [-0.39, 0.29) is 18.0 Å². The molecule has 3 aromatic heterocycles. The number of rotatable bonds is 3. The molecule has 1 amide bonds. The van der Waals surface area contributed by atoms with Crippen molar-refractivity contribution in [1.82, 2.24) is 23.7 Å². The van der Waals surface area contributed by atoms with Crippen molar-refractivity contribution in [3.8, 4) is 0 Å². The fourth-order valence-electron chi connectivity index (χ4n) is 2.50. The van der Waals surface area contributed by atoms with Crippen LogP contribution in [-0.2, 0) is 25.4 Å². The van der Waals surface area contributed by atoms with E-state index in [0.29, 0.717) is 11.5 Å². The first-order valence-electron chi connectivity index (χ1n) is 7.22. The molecule has 0 bridgehead atoms. The van der Waals surface area contributed by atoms with Gasteiger partial charge in [0, 0.05) is 20.3 Å². The predicted molar refractivity (Wildman–Crippen MR) is 87.8 cm³/mol. The lowest BCUT2D eigenvalue weighted by atomic mass is 10.3. The number of anilines is 1. The molecule has 3 heterocycles. The molecule has 0 aliphatic rings. The number of hydrogen-bond acceptors (Lipinski definition) is 5. The second-order valence-electron chi connectivity index (χ2n) is 5.52. The van der Waals surface area contributed by atoms with Gasteiger partial charge < -0.3 is 9.88 Å². The number of amides is 1. The van der Waals surface area contributed by atoms with Gasteiger partial charge in [0.2, 0.25) is 5.91 Å². The Kier molecular flexibility index (Phi) is 3.76. The Morgan fingerprint density at radius 2 is 1.96 bits per heavy atom. The van der Waals surface area contributed by atoms with Crippen LogP contribution in [0, 0.1) is 6.92 Å². The highest BCUT2D eigenvalue weighted by molar-refractivity contribution is 5.90. The van der Waals surface area contributed by atoms with Gasteiger partial charge in [-0.05, 0) is 24.6 Å². The molecule has 0 fully saturated rings. The van der Waals surface area contributed by atoms with Crippen molar-refractivity contribution in [3.05, 3.63) is 51.1 Å². The van der Waals surface area contributed by atoms with Crippen molar-refractivity contribution in [2.45, 2.75) is 13.5 Å². The average molecular weight is 328 g/mol. The number of imidazole rings is 1. The van der Waals surface area contributed by atoms with Crippen molar-refractivity contribution < 1.29 is 4.79 Å². The minimum Gasteiger partial charge on any atom is -0.309 e. The van der Waals surface area contributed by atoms with Crippen LogP contribution in [0.4, 0.5) is 5.82 Å². The maximum absolute atomic E-state index is 12.2. The van der Waals surface area contributed by atoms with E-state index in [9.17, 15) is 14.4 Å². The number of carbonyl (C=O) groups is 1. The zero-order valence-corrected chi connectivity index (χ0v) is 13.5. The highest BCUT2D eigenvalue weighted by atomic mass is 16.2. The molecule has 9 heteroatoms. The largest absolute Gasteiger partial charge is 0.332 e. The highest BCUT2D eigenvalue weighted by Gasteiger charge is 2.15. The number of nitrogens with one attached hydrogen (secondary N) is 1. The first kappa shape index (κ1) is 15.7. The maximum atomic E-state index is 12.2. The normalized spacial score (nSPS) is 11.0. The van der Waals surface area contributed by atoms with E-state index < -0.39 is 11.2 Å². The van der Waals surface area contributed by atoms with Crippen LogP contribution < -0.4 is 16.6 Å². The minimum atomic E-state index is -0.493. The van der Waals surface area contributed by atoms with Crippen LogP contribution in [0.15, 0.2) is 34.2 Å². The molecule has 0 aromatic carbocycles. The fraction of sp³-hybridized carbons (Fsp3) is 0.267. The lowest BCUT2D eigenvalue weighted by molar-refractivity contribution is -0.116. The number of aromatic nitrogens is 5. The topological polar surface area (TPSA) is 104 Å². The first-order chi connectivity index (χ1) is 11.4. The lowest BCUT2D eigenvalue weighted by Gasteiger charge is -2.09. The third-order valence-corrected chi connectivity index (χ3v) is 3.71. The third-order valence-electron chi connectivity index (χ3n) is 3.71. The predicted octanol–water partition coefficient (Wildman–Crippen LogP) is -0.224. The molecule has 1 N–H and O–H groups in total. The molecule has 3 rings (SSSR count). The third kappa shape index (κ3) is 2.60. The molecular formula is C15H16N6O3. The second-order valence-corrected chi connectivity index (χ2v) is 5.52. The molecule has 9 nitrogen and oxygen atoms in total. The van der Waals surface area contributed by atoms with Gasteiger partial charge in [-0.3, -0.25) is 18.7 Å². The number of nitrogens with zero attached hydrogens (tertiary/aromatic N) is 5. The summed E-state index contributed by atoms with van der Waals surface area (Å²) in [6, 6.07) is 3.57. The molecule has 0 aliphatic heterocycles. The second kappa shape index (κ2) is 5.76. The average Bonchev–Trinajstić information content (AvgIpc) is 2.94. The van der Waals surface area contributed by atoms with Crippen molar-refractivity contribution in [3.63, 3.8) is 0 Å². The molecule has 0 aliphatic carbocycles. The summed E-state index contributed by atoms with van der Waals surface area (Å²) < 4.78 is 3.74. The van der Waals surface area contributed by atoms with Gasteiger partial charge in [0.05, 0.1) is 6.33 Å². The minimum absolute atomic E-state index is 0.0907. The van der Waals surface area contributed by atoms with E-state index in [1.54, 1.807) is 12.3 Å². The summed E-state index contributed by atoms with van der Waals surface area (Å²) in [6.07, 6.45) is 2.97. The van der Waals surface area contributed by atoms with Gasteiger partial charge >= 0.3 is 5.69 Å². The van der Waals surface area contributed by atoms with Gasteiger partial charge in [0.1, 0.15) is 18.0 Å². The number of carbonyl (C=O) groups excluding carboxylic acids is 1. The van der Waals surface area contributed by atoms with Crippen LogP contribution >= 0.6 is 0 Å². The fourth-order valence-corrected chi connectivity index (χ4v) is 2.50. The molecule has 0 unspecified atom stereocenters. The molecule has 0 radical (unpaired) electrons. The smallest absolute Gasteiger partial charge is 0.309 e. The summed E-state index contributed by atoms with van der Waals surface area (Å²) in [5.74, 6) is 0.106. The van der Waals surface area contributed by atoms with E-state index in [0.717, 1.165) is 10.1 Å². The zero-order chi connectivity index (χ0) is 17.4. The quantitative estimate of drug-likeness (QED) is 0.715. The molecule has 3 aromatic rings. The van der Waals surface area contributed by atoms with Crippen LogP contribution in [0.5, 0.6) is 0 Å². The van der Waals surface area contributed by atoms with Crippen molar-refractivity contribution in [2.24, 2.45) is 14.1 Å². The number of fused-ring (bicyclic) bond motifs is 1. The Hall–Kier alpha value is -3.23. The van der Waals surface area contributed by atoms with Crippen LogP contribution in [0.2, 0.25) is 0 Å². The van der Waals surface area contributed by atoms with Crippen LogP contribution in [0.25, 0.3) is 11.2 Å². The van der Waals surface area contributed by atoms with E-state index in [4.69, 9.17) is 0 Å². The number of hydrogen-bond donors (Lipinski definition) is 1. The van der Waals surface area contributed by atoms with E-state index in [2.05, 4.69) is 15.3 Å². The molecule has 0 saturated heterocycles. The Morgan fingerprint density at radius 3 is 2.67 bits per heavy atom. The molecule has 0 atom stereocenters. The van der Waals surface area contributed by atoms with Gasteiger partial charge in [-0.1, -0.05) is 0 Å². The van der Waals surface area contributed by atoms with Crippen molar-refractivity contribution in [2.75, 3.05) is 5.32 Å². The molecule has 124 valence electrons. The molecule has 0 spiro atoms. The maximum Gasteiger partial charge on any atom is 0.332 e. The summed E-state index contributed by atoms with van der Waals surface area (Å²) >= 11 is 0.